The number of amides is 2. The Labute approximate surface area is 169 Å². The summed E-state index contributed by atoms with van der Waals surface area (Å²) in [5.41, 5.74) is -0.510. The topological polar surface area (TPSA) is 102 Å². The van der Waals surface area contributed by atoms with Crippen molar-refractivity contribution in [2.45, 2.75) is 6.54 Å². The van der Waals surface area contributed by atoms with Gasteiger partial charge in [0.1, 0.15) is 29.6 Å². The molecule has 154 valence electrons. The average molecular weight is 414 g/mol. The van der Waals surface area contributed by atoms with E-state index >= 15 is 0 Å². The zero-order chi connectivity index (χ0) is 21.7. The minimum atomic E-state index is -0.962. The molecule has 30 heavy (non-hydrogen) atoms. The smallest absolute Gasteiger partial charge is 0.276 e. The molecule has 0 fully saturated rings. The number of anilines is 2. The van der Waals surface area contributed by atoms with Gasteiger partial charge in [-0.2, -0.15) is 5.10 Å². The van der Waals surface area contributed by atoms with Crippen molar-refractivity contribution < 1.29 is 23.1 Å². The van der Waals surface area contributed by atoms with Crippen LogP contribution in [0.15, 0.2) is 59.4 Å². The van der Waals surface area contributed by atoms with E-state index in [0.29, 0.717) is 17.5 Å². The van der Waals surface area contributed by atoms with Crippen molar-refractivity contribution in [3.63, 3.8) is 0 Å². The molecule has 3 rings (SSSR count). The summed E-state index contributed by atoms with van der Waals surface area (Å²) < 4.78 is 32.4. The van der Waals surface area contributed by atoms with E-state index in [1.807, 2.05) is 0 Å². The lowest BCUT2D eigenvalue weighted by atomic mass is 10.3. The minimum Gasteiger partial charge on any atom is -0.497 e. The summed E-state index contributed by atoms with van der Waals surface area (Å²) in [5, 5.41) is 8.70. The second-order valence-electron chi connectivity index (χ2n) is 6.07. The van der Waals surface area contributed by atoms with E-state index in [0.717, 1.165) is 22.9 Å². The number of carbonyl (C=O) groups is 2. The predicted molar refractivity (Wildman–Crippen MR) is 104 cm³/mol. The summed E-state index contributed by atoms with van der Waals surface area (Å²) in [4.78, 5) is 36.5. The molecule has 2 N–H and O–H groups in total. The minimum absolute atomic E-state index is 0.105. The maximum Gasteiger partial charge on any atom is 0.276 e. The molecule has 0 saturated heterocycles. The predicted octanol–water partition coefficient (Wildman–Crippen LogP) is 2.42. The van der Waals surface area contributed by atoms with Crippen LogP contribution in [0.1, 0.15) is 10.5 Å². The Balaban J connectivity index is 1.71. The number of nitrogens with zero attached hydrogens (tertiary/aromatic N) is 2. The number of carbonyl (C=O) groups excluding carboxylic acids is 2. The summed E-state index contributed by atoms with van der Waals surface area (Å²) in [6.07, 6.45) is 0. The van der Waals surface area contributed by atoms with Crippen molar-refractivity contribution in [2.75, 3.05) is 17.7 Å². The first-order valence-electron chi connectivity index (χ1n) is 8.64. The normalized spacial score (nSPS) is 10.4. The Hall–Kier alpha value is -4.08. The van der Waals surface area contributed by atoms with Crippen LogP contribution in [0.3, 0.4) is 0 Å². The van der Waals surface area contributed by atoms with Gasteiger partial charge >= 0.3 is 0 Å². The monoisotopic (exact) mass is 414 g/mol. The van der Waals surface area contributed by atoms with Gasteiger partial charge in [-0.1, -0.05) is 0 Å². The highest BCUT2D eigenvalue weighted by Crippen LogP contribution is 2.16. The first kappa shape index (κ1) is 20.6. The van der Waals surface area contributed by atoms with Gasteiger partial charge in [-0.3, -0.25) is 14.4 Å². The van der Waals surface area contributed by atoms with Crippen LogP contribution < -0.4 is 20.9 Å². The number of nitrogens with one attached hydrogen (secondary N) is 2. The van der Waals surface area contributed by atoms with Gasteiger partial charge in [0, 0.05) is 17.8 Å². The molecule has 10 heteroatoms. The first-order chi connectivity index (χ1) is 14.4. The van der Waals surface area contributed by atoms with Gasteiger partial charge in [-0.15, -0.1) is 0 Å². The van der Waals surface area contributed by atoms with Crippen molar-refractivity contribution in [1.82, 2.24) is 9.78 Å². The molecular weight excluding hydrogens is 398 g/mol. The molecule has 0 aliphatic heterocycles. The molecule has 0 saturated carbocycles. The molecule has 8 nitrogen and oxygen atoms in total. The van der Waals surface area contributed by atoms with E-state index in [9.17, 15) is 23.2 Å². The Morgan fingerprint density at radius 3 is 2.43 bits per heavy atom. The van der Waals surface area contributed by atoms with E-state index < -0.39 is 35.6 Å². The highest BCUT2D eigenvalue weighted by Gasteiger charge is 2.14. The van der Waals surface area contributed by atoms with E-state index in [2.05, 4.69) is 15.7 Å². The molecule has 0 bridgehead atoms. The quantitative estimate of drug-likeness (QED) is 0.645. The number of benzene rings is 2. The number of hydrogen-bond donors (Lipinski definition) is 2. The van der Waals surface area contributed by atoms with Gasteiger partial charge in [0.25, 0.3) is 11.5 Å². The third-order valence-electron chi connectivity index (χ3n) is 3.95. The summed E-state index contributed by atoms with van der Waals surface area (Å²) in [7, 11) is 1.52. The summed E-state index contributed by atoms with van der Waals surface area (Å²) in [6.45, 7) is -0.570. The largest absolute Gasteiger partial charge is 0.497 e. The molecule has 0 unspecified atom stereocenters. The fourth-order valence-electron chi connectivity index (χ4n) is 2.47. The summed E-state index contributed by atoms with van der Waals surface area (Å²) in [5.74, 6) is -2.51. The third-order valence-corrected chi connectivity index (χ3v) is 3.95. The fourth-order valence-corrected chi connectivity index (χ4v) is 2.47. The van der Waals surface area contributed by atoms with Crippen molar-refractivity contribution in [3.05, 3.63) is 82.3 Å². The van der Waals surface area contributed by atoms with Crippen molar-refractivity contribution in [2.24, 2.45) is 0 Å². The molecule has 2 amide bonds. The maximum atomic E-state index is 13.7. The average Bonchev–Trinajstić information content (AvgIpc) is 2.72. The molecule has 1 heterocycles. The number of halogens is 2. The molecule has 3 aromatic rings. The molecular formula is C20H16F2N4O4. The highest BCUT2D eigenvalue weighted by atomic mass is 19.1. The lowest BCUT2D eigenvalue weighted by molar-refractivity contribution is -0.117. The Kier molecular flexibility index (Phi) is 6.16. The van der Waals surface area contributed by atoms with Crippen LogP contribution in [0.25, 0.3) is 0 Å². The van der Waals surface area contributed by atoms with Crippen LogP contribution in [0.5, 0.6) is 5.75 Å². The van der Waals surface area contributed by atoms with Gasteiger partial charge < -0.3 is 15.4 Å². The molecule has 0 atom stereocenters. The van der Waals surface area contributed by atoms with Crippen molar-refractivity contribution >= 4 is 23.2 Å². The lowest BCUT2D eigenvalue weighted by Gasteiger charge is -2.09. The second kappa shape index (κ2) is 8.95. The number of hydrogen-bond acceptors (Lipinski definition) is 5. The Bertz CT molecular complexity index is 1150. The highest BCUT2D eigenvalue weighted by molar-refractivity contribution is 6.02. The van der Waals surface area contributed by atoms with Crippen LogP contribution in [0, 0.1) is 11.6 Å². The molecule has 2 aromatic carbocycles. The van der Waals surface area contributed by atoms with Crippen molar-refractivity contribution in [1.29, 1.82) is 0 Å². The fraction of sp³-hybridized carbons (Fsp3) is 0.100. The maximum absolute atomic E-state index is 13.7. The molecule has 1 aromatic heterocycles. The van der Waals surface area contributed by atoms with Gasteiger partial charge in [0.2, 0.25) is 5.91 Å². The number of rotatable bonds is 6. The summed E-state index contributed by atoms with van der Waals surface area (Å²) in [6, 6.07) is 11.5. The SMILES string of the molecule is COc1ccc(NC(=O)c2ccc(=O)n(CC(=O)Nc3ccc(F)cc3F)n2)cc1. The molecule has 0 spiro atoms. The van der Waals surface area contributed by atoms with E-state index in [4.69, 9.17) is 4.74 Å². The van der Waals surface area contributed by atoms with E-state index in [-0.39, 0.29) is 11.4 Å². The van der Waals surface area contributed by atoms with Gasteiger partial charge in [0.15, 0.2) is 0 Å². The zero-order valence-corrected chi connectivity index (χ0v) is 15.7. The lowest BCUT2D eigenvalue weighted by Crippen LogP contribution is -2.31. The van der Waals surface area contributed by atoms with Crippen LogP contribution in [-0.4, -0.2) is 28.7 Å². The first-order valence-corrected chi connectivity index (χ1v) is 8.64. The Morgan fingerprint density at radius 2 is 1.77 bits per heavy atom. The number of methoxy groups -OCH3 is 1. The zero-order valence-electron chi connectivity index (χ0n) is 15.7. The second-order valence-corrected chi connectivity index (χ2v) is 6.07. The van der Waals surface area contributed by atoms with Crippen LogP contribution >= 0.6 is 0 Å². The summed E-state index contributed by atoms with van der Waals surface area (Å²) >= 11 is 0. The standard InChI is InChI=1S/C20H16F2N4O4/c1-30-14-5-3-13(4-6-14)23-20(29)17-8-9-19(28)26(25-17)11-18(27)24-16-7-2-12(21)10-15(16)22/h2-10H,11H2,1H3,(H,23,29)(H,24,27). The van der Waals surface area contributed by atoms with Crippen LogP contribution in [0.2, 0.25) is 0 Å². The van der Waals surface area contributed by atoms with Crippen molar-refractivity contribution in [3.8, 4) is 5.75 Å². The number of ether oxygens (including phenoxy) is 1. The van der Waals surface area contributed by atoms with E-state index in [1.165, 1.54) is 13.2 Å². The van der Waals surface area contributed by atoms with E-state index in [1.54, 1.807) is 24.3 Å². The Morgan fingerprint density at radius 1 is 1.03 bits per heavy atom. The van der Waals surface area contributed by atoms with Gasteiger partial charge in [-0.25, -0.2) is 13.5 Å². The molecule has 0 aliphatic rings. The van der Waals surface area contributed by atoms with Crippen LogP contribution in [-0.2, 0) is 11.3 Å². The van der Waals surface area contributed by atoms with Gasteiger partial charge in [0.05, 0.1) is 12.8 Å². The van der Waals surface area contributed by atoms with Crippen LogP contribution in [0.4, 0.5) is 20.2 Å². The molecule has 0 aliphatic carbocycles. The third kappa shape index (κ3) is 5.04. The van der Waals surface area contributed by atoms with Gasteiger partial charge in [-0.05, 0) is 42.5 Å². The molecule has 0 radical (unpaired) electrons. The number of aromatic nitrogens is 2.